The van der Waals surface area contributed by atoms with Gasteiger partial charge in [-0.1, -0.05) is 36.9 Å². The predicted molar refractivity (Wildman–Crippen MR) is 186 cm³/mol. The van der Waals surface area contributed by atoms with E-state index >= 15 is 0 Å². The van der Waals surface area contributed by atoms with Crippen LogP contribution in [0.5, 0.6) is 11.5 Å². The molecule has 0 radical (unpaired) electrons. The van der Waals surface area contributed by atoms with E-state index in [0.717, 1.165) is 63.1 Å². The zero-order valence-electron chi connectivity index (χ0n) is 27.6. The first-order valence-corrected chi connectivity index (χ1v) is 19.1. The molecule has 5 rings (SSSR count). The Hall–Kier alpha value is -4.08. The summed E-state index contributed by atoms with van der Waals surface area (Å²) in [7, 11) is -3.81. The fourth-order valence-electron chi connectivity index (χ4n) is 6.34. The van der Waals surface area contributed by atoms with Crippen LogP contribution in [-0.4, -0.2) is 75.9 Å². The van der Waals surface area contributed by atoms with Crippen LogP contribution in [0.15, 0.2) is 57.9 Å². The van der Waals surface area contributed by atoms with Crippen molar-refractivity contribution >= 4 is 51.0 Å². The number of aryl methyl sites for hydroxylation is 1. The van der Waals surface area contributed by atoms with Gasteiger partial charge in [-0.05, 0) is 81.5 Å². The van der Waals surface area contributed by atoms with E-state index in [0.29, 0.717) is 12.3 Å². The minimum atomic E-state index is -3.81. The van der Waals surface area contributed by atoms with Gasteiger partial charge in [0.25, 0.3) is 0 Å². The Morgan fingerprint density at radius 3 is 2.35 bits per heavy atom. The zero-order valence-corrected chi connectivity index (χ0v) is 29.3. The molecule has 264 valence electrons. The van der Waals surface area contributed by atoms with Crippen LogP contribution in [0.3, 0.4) is 0 Å². The first-order valence-electron chi connectivity index (χ1n) is 16.5. The second-order valence-electron chi connectivity index (χ2n) is 12.6. The van der Waals surface area contributed by atoms with E-state index in [9.17, 15) is 33.0 Å². The lowest BCUT2D eigenvalue weighted by atomic mass is 9.94. The van der Waals surface area contributed by atoms with E-state index < -0.39 is 45.3 Å². The topological polar surface area (TPSA) is 182 Å². The number of phenols is 2. The lowest BCUT2D eigenvalue weighted by molar-refractivity contribution is -0.126. The Bertz CT molecular complexity index is 1740. The molecule has 3 amide bonds. The minimum Gasteiger partial charge on any atom is -0.504 e. The number of benzene rings is 2. The maximum absolute atomic E-state index is 14.1. The molecular weight excluding hydrogens is 671 g/mol. The van der Waals surface area contributed by atoms with E-state index in [1.807, 2.05) is 6.92 Å². The lowest BCUT2D eigenvalue weighted by Crippen LogP contribution is -2.48. The molecule has 1 saturated heterocycles. The maximum atomic E-state index is 14.1. The normalized spacial score (nSPS) is 18.0. The minimum absolute atomic E-state index is 0.0667. The molecule has 2 fully saturated rings. The number of sulfonamides is 1. The molecule has 4 N–H and O–H groups in total. The fraction of sp³-hybridized carbons (Fsp3) is 0.471. The highest BCUT2D eigenvalue weighted by molar-refractivity contribution is 8.00. The van der Waals surface area contributed by atoms with Crippen molar-refractivity contribution in [3.8, 4) is 11.5 Å². The van der Waals surface area contributed by atoms with E-state index in [-0.39, 0.29) is 45.6 Å². The molecule has 1 aliphatic carbocycles. The van der Waals surface area contributed by atoms with E-state index in [1.54, 1.807) is 13.0 Å². The molecule has 49 heavy (non-hydrogen) atoms. The van der Waals surface area contributed by atoms with Crippen LogP contribution in [0.2, 0.25) is 0 Å². The molecule has 2 aromatic carbocycles. The standard InChI is InChI=1S/C34H43N5O8S2/c1-22-8-6-7-17-38(22)49(45,46)27-14-12-26(13-15-27)39(32(43)21-48-20-31(42)36-30-18-23(2)47-37-30)33(24-11-16-28(40)29(41)19-24)34(44)35-25-9-4-3-5-10-25/h11-16,18-19,22,25,33,40-41H,3-10,17,20-21H2,1-2H3,(H,35,44)(H,36,37,42)/t22-,33-/m0/s1. The third-order valence-corrected chi connectivity index (χ3v) is 11.8. The van der Waals surface area contributed by atoms with Crippen LogP contribution in [0.1, 0.15) is 75.7 Å². The number of carbonyl (C=O) groups is 3. The van der Waals surface area contributed by atoms with Crippen LogP contribution in [0, 0.1) is 6.92 Å². The largest absolute Gasteiger partial charge is 0.504 e. The van der Waals surface area contributed by atoms with Gasteiger partial charge < -0.3 is 25.4 Å². The lowest BCUT2D eigenvalue weighted by Gasteiger charge is -2.34. The molecule has 0 bridgehead atoms. The number of rotatable bonds is 12. The molecule has 0 unspecified atom stereocenters. The third kappa shape index (κ3) is 8.94. The number of hydrogen-bond acceptors (Lipinski definition) is 10. The molecule has 0 spiro atoms. The number of hydrogen-bond donors (Lipinski definition) is 4. The van der Waals surface area contributed by atoms with Gasteiger partial charge in [-0.3, -0.25) is 19.3 Å². The average molecular weight is 714 g/mol. The summed E-state index contributed by atoms with van der Waals surface area (Å²) in [5.74, 6) is -1.84. The van der Waals surface area contributed by atoms with Crippen molar-refractivity contribution in [3.63, 3.8) is 0 Å². The first-order chi connectivity index (χ1) is 23.4. The number of aromatic hydroxyl groups is 2. The highest BCUT2D eigenvalue weighted by Crippen LogP contribution is 2.35. The van der Waals surface area contributed by atoms with Gasteiger partial charge >= 0.3 is 0 Å². The van der Waals surface area contributed by atoms with Crippen molar-refractivity contribution in [2.75, 3.05) is 28.3 Å². The molecule has 2 aliphatic rings. The third-order valence-electron chi connectivity index (χ3n) is 8.86. The molecule has 3 aromatic rings. The summed E-state index contributed by atoms with van der Waals surface area (Å²) in [5, 5.41) is 29.9. The number of thioether (sulfide) groups is 1. The van der Waals surface area contributed by atoms with Crippen molar-refractivity contribution in [2.45, 2.75) is 88.2 Å². The summed E-state index contributed by atoms with van der Waals surface area (Å²) >= 11 is 1.03. The van der Waals surface area contributed by atoms with E-state index in [1.165, 1.54) is 51.7 Å². The first kappa shape index (κ1) is 36.2. The Kier molecular flexibility index (Phi) is 11.9. The number of nitrogens with zero attached hydrogens (tertiary/aromatic N) is 3. The number of phenolic OH excluding ortho intramolecular Hbond substituents is 2. The Labute approximate surface area is 290 Å². The second-order valence-corrected chi connectivity index (χ2v) is 15.5. The number of amides is 3. The summed E-state index contributed by atoms with van der Waals surface area (Å²) in [6.07, 6.45) is 7.04. The summed E-state index contributed by atoms with van der Waals surface area (Å²) in [5.41, 5.74) is 0.482. The van der Waals surface area contributed by atoms with Gasteiger partial charge in [0.15, 0.2) is 17.3 Å². The molecular formula is C34H43N5O8S2. The van der Waals surface area contributed by atoms with Crippen molar-refractivity contribution in [3.05, 3.63) is 59.9 Å². The monoisotopic (exact) mass is 713 g/mol. The van der Waals surface area contributed by atoms with Crippen LogP contribution >= 0.6 is 11.8 Å². The number of nitrogens with one attached hydrogen (secondary N) is 2. The van der Waals surface area contributed by atoms with Gasteiger partial charge in [0.2, 0.25) is 27.7 Å². The Morgan fingerprint density at radius 2 is 1.69 bits per heavy atom. The van der Waals surface area contributed by atoms with E-state index in [4.69, 9.17) is 4.52 Å². The van der Waals surface area contributed by atoms with Gasteiger partial charge in [-0.2, -0.15) is 4.31 Å². The summed E-state index contributed by atoms with van der Waals surface area (Å²) in [6, 6.07) is 9.79. The number of carbonyl (C=O) groups excluding carboxylic acids is 3. The predicted octanol–water partition coefficient (Wildman–Crippen LogP) is 4.85. The van der Waals surface area contributed by atoms with Crippen molar-refractivity contribution in [1.82, 2.24) is 14.8 Å². The number of anilines is 2. The Morgan fingerprint density at radius 1 is 0.980 bits per heavy atom. The van der Waals surface area contributed by atoms with Gasteiger partial charge in [0.1, 0.15) is 11.8 Å². The summed E-state index contributed by atoms with van der Waals surface area (Å²) in [4.78, 5) is 42.2. The van der Waals surface area contributed by atoms with Gasteiger partial charge in [-0.25, -0.2) is 8.42 Å². The van der Waals surface area contributed by atoms with Crippen molar-refractivity contribution < 1.29 is 37.5 Å². The molecule has 1 aliphatic heterocycles. The zero-order chi connectivity index (χ0) is 35.1. The SMILES string of the molecule is Cc1cc(NC(=O)CSCC(=O)N(c2ccc(S(=O)(=O)N3CCCC[C@@H]3C)cc2)[C@H](C(=O)NC2CCCCC2)c2ccc(O)c(O)c2)no1. The van der Waals surface area contributed by atoms with Gasteiger partial charge in [0.05, 0.1) is 16.4 Å². The van der Waals surface area contributed by atoms with Crippen LogP contribution in [-0.2, 0) is 24.4 Å². The molecule has 1 aromatic heterocycles. The molecule has 13 nitrogen and oxygen atoms in total. The Balaban J connectivity index is 1.46. The van der Waals surface area contributed by atoms with E-state index in [2.05, 4.69) is 15.8 Å². The summed E-state index contributed by atoms with van der Waals surface area (Å²) < 4.78 is 33.6. The fourth-order valence-corrected chi connectivity index (χ4v) is 8.71. The second kappa shape index (κ2) is 16.1. The average Bonchev–Trinajstić information content (AvgIpc) is 3.49. The molecule has 2 atom stereocenters. The van der Waals surface area contributed by atoms with Crippen molar-refractivity contribution in [1.29, 1.82) is 0 Å². The van der Waals surface area contributed by atoms with Crippen molar-refractivity contribution in [2.24, 2.45) is 0 Å². The van der Waals surface area contributed by atoms with Gasteiger partial charge in [-0.15, -0.1) is 11.8 Å². The van der Waals surface area contributed by atoms with Crippen LogP contribution in [0.4, 0.5) is 11.5 Å². The van der Waals surface area contributed by atoms with Crippen LogP contribution < -0.4 is 15.5 Å². The number of aromatic nitrogens is 1. The smallest absolute Gasteiger partial charge is 0.248 e. The summed E-state index contributed by atoms with van der Waals surface area (Å²) in [6.45, 7) is 4.00. The molecule has 1 saturated carbocycles. The maximum Gasteiger partial charge on any atom is 0.248 e. The highest BCUT2D eigenvalue weighted by atomic mass is 32.2. The number of piperidine rings is 1. The highest BCUT2D eigenvalue weighted by Gasteiger charge is 2.36. The molecule has 15 heteroatoms. The van der Waals surface area contributed by atoms with Crippen LogP contribution in [0.25, 0.3) is 0 Å². The molecule has 2 heterocycles. The van der Waals surface area contributed by atoms with Gasteiger partial charge in [0, 0.05) is 30.4 Å². The quantitative estimate of drug-likeness (QED) is 0.189.